The Morgan fingerprint density at radius 3 is 2.25 bits per heavy atom. The highest BCUT2D eigenvalue weighted by Crippen LogP contribution is 2.25. The van der Waals surface area contributed by atoms with E-state index in [4.69, 9.17) is 0 Å². The van der Waals surface area contributed by atoms with Gasteiger partial charge < -0.3 is 15.1 Å². The molecule has 1 aromatic carbocycles. The summed E-state index contributed by atoms with van der Waals surface area (Å²) in [6.07, 6.45) is 1.41. The van der Waals surface area contributed by atoms with Crippen LogP contribution < -0.4 is 15.1 Å². The lowest BCUT2D eigenvalue weighted by molar-refractivity contribution is 0.396. The third-order valence-corrected chi connectivity index (χ3v) is 6.78. The number of anilines is 4. The molecule has 0 amide bonds. The van der Waals surface area contributed by atoms with Crippen LogP contribution in [0.3, 0.4) is 0 Å². The zero-order valence-corrected chi connectivity index (χ0v) is 20.1. The topological polar surface area (TPSA) is 144 Å². The second kappa shape index (κ2) is 10.2. The van der Waals surface area contributed by atoms with Crippen LogP contribution in [-0.4, -0.2) is 79.4 Å². The minimum Gasteiger partial charge on any atom is -0.347 e. The van der Waals surface area contributed by atoms with E-state index in [9.17, 15) is 16.8 Å². The van der Waals surface area contributed by atoms with Crippen LogP contribution in [-0.2, 0) is 28.6 Å². The van der Waals surface area contributed by atoms with E-state index in [1.165, 1.54) is 17.0 Å². The van der Waals surface area contributed by atoms with Crippen molar-refractivity contribution in [2.45, 2.75) is 4.90 Å². The van der Waals surface area contributed by atoms with E-state index in [0.717, 1.165) is 14.2 Å². The van der Waals surface area contributed by atoms with Gasteiger partial charge in [0.1, 0.15) is 4.90 Å². The normalized spacial score (nSPS) is 11.8. The Morgan fingerprint density at radius 1 is 1.03 bits per heavy atom. The van der Waals surface area contributed by atoms with Gasteiger partial charge in [0, 0.05) is 33.4 Å². The largest absolute Gasteiger partial charge is 0.347 e. The summed E-state index contributed by atoms with van der Waals surface area (Å²) in [5.74, 6) is 0.399. The quantitative estimate of drug-likeness (QED) is 0.454. The monoisotopic (exact) mass is 486 g/mol. The first-order valence-electron chi connectivity index (χ1n) is 9.19. The fourth-order valence-electron chi connectivity index (χ4n) is 2.43. The van der Waals surface area contributed by atoms with Gasteiger partial charge in [-0.1, -0.05) is 18.7 Å². The summed E-state index contributed by atoms with van der Waals surface area (Å²) in [5.41, 5.74) is 0.763. The van der Waals surface area contributed by atoms with E-state index in [2.05, 4.69) is 35.2 Å². The number of nitrogens with one attached hydrogen (secondary N) is 1. The van der Waals surface area contributed by atoms with Gasteiger partial charge in [0.05, 0.1) is 20.0 Å². The summed E-state index contributed by atoms with van der Waals surface area (Å²) in [6, 6.07) is 4.58. The van der Waals surface area contributed by atoms with Gasteiger partial charge in [-0.25, -0.2) is 0 Å². The highest BCUT2D eigenvalue weighted by atomic mass is 32.2. The van der Waals surface area contributed by atoms with Crippen LogP contribution in [0.15, 0.2) is 29.7 Å². The Morgan fingerprint density at radius 2 is 1.69 bits per heavy atom. The van der Waals surface area contributed by atoms with Gasteiger partial charge in [-0.05, 0) is 17.7 Å². The molecule has 0 radical (unpaired) electrons. The number of hydrogen-bond donors (Lipinski definition) is 1. The second-order valence-electron chi connectivity index (χ2n) is 6.71. The maximum Gasteiger partial charge on any atom is 0.297 e. The fourth-order valence-corrected chi connectivity index (χ4v) is 3.98. The van der Waals surface area contributed by atoms with Gasteiger partial charge in [-0.15, -0.1) is 0 Å². The number of rotatable bonds is 11. The van der Waals surface area contributed by atoms with Crippen LogP contribution in [0.5, 0.6) is 0 Å². The zero-order valence-electron chi connectivity index (χ0n) is 18.4. The Hall–Kier alpha value is -2.81. The third kappa shape index (κ3) is 6.35. The van der Waals surface area contributed by atoms with E-state index < -0.39 is 20.2 Å². The summed E-state index contributed by atoms with van der Waals surface area (Å²) in [4.78, 5) is 16.1. The SMILES string of the molecule is C=Cc1ccc(Nc2nc(N(C)C)nc(N(C)CCS(=O)(=O)OC)n2)cc1S(=O)(=O)OC. The molecule has 32 heavy (non-hydrogen) atoms. The lowest BCUT2D eigenvalue weighted by Crippen LogP contribution is -2.28. The molecule has 0 saturated carbocycles. The van der Waals surface area contributed by atoms with Crippen molar-refractivity contribution >= 4 is 49.8 Å². The summed E-state index contributed by atoms with van der Waals surface area (Å²) in [7, 11) is -0.350. The summed E-state index contributed by atoms with van der Waals surface area (Å²) < 4.78 is 56.8. The second-order valence-corrected chi connectivity index (χ2v) is 10.2. The van der Waals surface area contributed by atoms with Gasteiger partial charge in [-0.3, -0.25) is 8.37 Å². The minimum absolute atomic E-state index is 0.0657. The molecule has 0 fully saturated rings. The fraction of sp³-hybridized carbons (Fsp3) is 0.389. The van der Waals surface area contributed by atoms with Crippen LogP contribution in [0.1, 0.15) is 5.56 Å². The molecule has 0 saturated heterocycles. The highest BCUT2D eigenvalue weighted by Gasteiger charge is 2.19. The van der Waals surface area contributed by atoms with Crippen molar-refractivity contribution in [3.63, 3.8) is 0 Å². The van der Waals surface area contributed by atoms with Crippen molar-refractivity contribution in [1.82, 2.24) is 15.0 Å². The summed E-state index contributed by atoms with van der Waals surface area (Å²) in [6.45, 7) is 3.70. The Balaban J connectivity index is 2.42. The standard InChI is InChI=1S/C18H26N6O6S2/c1-7-13-8-9-14(12-15(13)32(27,28)30-6)19-16-20-17(23(2)3)22-18(21-16)24(4)10-11-31(25,26)29-5/h7-9,12H,1,10-11H2,2-6H3,(H,19,20,21,22). The van der Waals surface area contributed by atoms with Crippen LogP contribution in [0.4, 0.5) is 23.5 Å². The molecule has 2 aromatic rings. The van der Waals surface area contributed by atoms with Crippen molar-refractivity contribution < 1.29 is 25.2 Å². The minimum atomic E-state index is -3.97. The molecule has 14 heteroatoms. The predicted octanol–water partition coefficient (Wildman–Crippen LogP) is 1.07. The molecular formula is C18H26N6O6S2. The van der Waals surface area contributed by atoms with E-state index in [1.54, 1.807) is 38.2 Å². The molecule has 0 atom stereocenters. The Labute approximate surface area is 188 Å². The average molecular weight is 487 g/mol. The Bertz CT molecular complexity index is 1180. The van der Waals surface area contributed by atoms with E-state index in [-0.39, 0.29) is 29.1 Å². The molecule has 1 aromatic heterocycles. The summed E-state index contributed by atoms with van der Waals surface area (Å²) >= 11 is 0. The number of nitrogens with zero attached hydrogens (tertiary/aromatic N) is 5. The lowest BCUT2D eigenvalue weighted by atomic mass is 10.2. The molecule has 0 aliphatic rings. The van der Waals surface area contributed by atoms with Gasteiger partial charge in [0.2, 0.25) is 17.8 Å². The molecule has 1 heterocycles. The molecule has 0 aliphatic heterocycles. The Kier molecular flexibility index (Phi) is 8.12. The highest BCUT2D eigenvalue weighted by molar-refractivity contribution is 7.87. The number of hydrogen-bond acceptors (Lipinski definition) is 12. The first kappa shape index (κ1) is 25.5. The van der Waals surface area contributed by atoms with E-state index >= 15 is 0 Å². The first-order chi connectivity index (χ1) is 14.9. The van der Waals surface area contributed by atoms with Crippen LogP contribution in [0.25, 0.3) is 6.08 Å². The van der Waals surface area contributed by atoms with Crippen molar-refractivity contribution in [3.8, 4) is 0 Å². The lowest BCUT2D eigenvalue weighted by Gasteiger charge is -2.20. The van der Waals surface area contributed by atoms with Gasteiger partial charge >= 0.3 is 0 Å². The zero-order chi connectivity index (χ0) is 24.1. The first-order valence-corrected chi connectivity index (χ1v) is 12.2. The third-order valence-electron chi connectivity index (χ3n) is 4.26. The van der Waals surface area contributed by atoms with Crippen molar-refractivity contribution in [1.29, 1.82) is 0 Å². The van der Waals surface area contributed by atoms with Crippen LogP contribution in [0, 0.1) is 0 Å². The molecule has 176 valence electrons. The molecule has 1 N–H and O–H groups in total. The molecular weight excluding hydrogens is 460 g/mol. The molecule has 2 rings (SSSR count). The molecule has 0 unspecified atom stereocenters. The van der Waals surface area contributed by atoms with Gasteiger partial charge in [0.15, 0.2) is 0 Å². The van der Waals surface area contributed by atoms with E-state index in [0.29, 0.717) is 17.2 Å². The molecule has 0 spiro atoms. The predicted molar refractivity (Wildman–Crippen MR) is 122 cm³/mol. The van der Waals surface area contributed by atoms with Gasteiger partial charge in [0.25, 0.3) is 20.2 Å². The maximum atomic E-state index is 12.2. The van der Waals surface area contributed by atoms with Gasteiger partial charge in [-0.2, -0.15) is 31.8 Å². The summed E-state index contributed by atoms with van der Waals surface area (Å²) in [5, 5.41) is 2.95. The molecule has 12 nitrogen and oxygen atoms in total. The average Bonchev–Trinajstić information content (AvgIpc) is 2.77. The van der Waals surface area contributed by atoms with Crippen molar-refractivity contribution in [2.75, 3.05) is 62.8 Å². The smallest absolute Gasteiger partial charge is 0.297 e. The van der Waals surface area contributed by atoms with E-state index in [1.807, 2.05) is 0 Å². The number of aromatic nitrogens is 3. The maximum absolute atomic E-state index is 12.2. The van der Waals surface area contributed by atoms with Crippen molar-refractivity contribution in [2.24, 2.45) is 0 Å². The molecule has 0 aliphatic carbocycles. The van der Waals surface area contributed by atoms with Crippen LogP contribution in [0.2, 0.25) is 0 Å². The van der Waals surface area contributed by atoms with Crippen molar-refractivity contribution in [3.05, 3.63) is 30.3 Å². The van der Waals surface area contributed by atoms with Crippen LogP contribution >= 0.6 is 0 Å². The molecule has 0 bridgehead atoms. The number of benzene rings is 1.